The van der Waals surface area contributed by atoms with Gasteiger partial charge in [0.05, 0.1) is 10.6 Å². The molecule has 0 aliphatic carbocycles. The molecular weight excluding hydrogens is 391 g/mol. The van der Waals surface area contributed by atoms with Gasteiger partial charge in [0.15, 0.2) is 6.61 Å². The van der Waals surface area contributed by atoms with E-state index in [1.165, 1.54) is 36.7 Å². The fourth-order valence-corrected chi connectivity index (χ4v) is 2.21. The molecule has 1 heterocycles. The van der Waals surface area contributed by atoms with Gasteiger partial charge >= 0.3 is 5.97 Å². The first kappa shape index (κ1) is 17.4. The second-order valence-electron chi connectivity index (χ2n) is 4.49. The Bertz CT molecular complexity index is 742. The summed E-state index contributed by atoms with van der Waals surface area (Å²) in [7, 11) is 0. The third kappa shape index (κ3) is 5.30. The van der Waals surface area contributed by atoms with Gasteiger partial charge in [-0.05, 0) is 39.7 Å². The normalized spacial score (nSPS) is 10.2. The van der Waals surface area contributed by atoms with E-state index in [4.69, 9.17) is 16.3 Å². The van der Waals surface area contributed by atoms with Crippen LogP contribution in [-0.2, 0) is 16.1 Å². The smallest absolute Gasteiger partial charge is 0.340 e. The second-order valence-corrected chi connectivity index (χ2v) is 5.82. The Morgan fingerprint density at radius 3 is 2.78 bits per heavy atom. The lowest BCUT2D eigenvalue weighted by atomic mass is 10.2. The van der Waals surface area contributed by atoms with E-state index in [0.29, 0.717) is 10.0 Å². The van der Waals surface area contributed by atoms with Crippen LogP contribution >= 0.6 is 27.5 Å². The molecule has 0 aliphatic rings. The number of ether oxygens (including phenoxy) is 1. The van der Waals surface area contributed by atoms with Gasteiger partial charge in [0.25, 0.3) is 5.91 Å². The lowest BCUT2D eigenvalue weighted by Gasteiger charge is -2.07. The third-order valence-corrected chi connectivity index (χ3v) is 3.47. The minimum Gasteiger partial charge on any atom is -0.452 e. The molecule has 0 atom stereocenters. The predicted octanol–water partition coefficient (Wildman–Crippen LogP) is 3.11. The molecule has 2 aromatic rings. The molecule has 0 bridgehead atoms. The Morgan fingerprint density at radius 1 is 1.30 bits per heavy atom. The molecule has 0 aliphatic heterocycles. The van der Waals surface area contributed by atoms with Gasteiger partial charge in [0.2, 0.25) is 0 Å². The van der Waals surface area contributed by atoms with E-state index in [1.807, 2.05) is 0 Å². The van der Waals surface area contributed by atoms with Gasteiger partial charge in [-0.1, -0.05) is 17.7 Å². The van der Waals surface area contributed by atoms with E-state index >= 15 is 0 Å². The monoisotopic (exact) mass is 400 g/mol. The van der Waals surface area contributed by atoms with Gasteiger partial charge in [-0.25, -0.2) is 9.18 Å². The average Bonchev–Trinajstić information content (AvgIpc) is 2.53. The van der Waals surface area contributed by atoms with Crippen molar-refractivity contribution in [2.24, 2.45) is 0 Å². The summed E-state index contributed by atoms with van der Waals surface area (Å²) in [6.07, 6.45) is 2.86. The number of esters is 1. The zero-order valence-electron chi connectivity index (χ0n) is 11.7. The van der Waals surface area contributed by atoms with Crippen LogP contribution in [0.3, 0.4) is 0 Å². The van der Waals surface area contributed by atoms with Crippen LogP contribution in [0.5, 0.6) is 0 Å². The minimum atomic E-state index is -0.654. The van der Waals surface area contributed by atoms with Crippen LogP contribution in [0.25, 0.3) is 0 Å². The summed E-state index contributed by atoms with van der Waals surface area (Å²) in [5.41, 5.74) is 0.866. The quantitative estimate of drug-likeness (QED) is 0.782. The molecule has 1 aromatic carbocycles. The van der Waals surface area contributed by atoms with Crippen molar-refractivity contribution in [3.8, 4) is 0 Å². The molecule has 0 spiro atoms. The molecule has 0 saturated carbocycles. The van der Waals surface area contributed by atoms with Gasteiger partial charge in [-0.15, -0.1) is 0 Å². The summed E-state index contributed by atoms with van der Waals surface area (Å²) < 4.78 is 18.5. The van der Waals surface area contributed by atoms with Gasteiger partial charge in [0, 0.05) is 23.4 Å². The molecule has 120 valence electrons. The first-order valence-corrected chi connectivity index (χ1v) is 7.61. The fraction of sp³-hybridized carbons (Fsp3) is 0.133. The summed E-state index contributed by atoms with van der Waals surface area (Å²) in [5.74, 6) is -1.67. The highest BCUT2D eigenvalue weighted by Gasteiger charge is 2.11. The minimum absolute atomic E-state index is 0.0228. The summed E-state index contributed by atoms with van der Waals surface area (Å²) in [6, 6.07) is 5.66. The van der Waals surface area contributed by atoms with Crippen molar-refractivity contribution >= 4 is 39.4 Å². The fourth-order valence-electron chi connectivity index (χ4n) is 1.64. The maximum absolute atomic E-state index is 13.0. The molecule has 0 unspecified atom stereocenters. The molecule has 1 amide bonds. The van der Waals surface area contributed by atoms with Crippen LogP contribution in [0.15, 0.2) is 41.1 Å². The molecule has 23 heavy (non-hydrogen) atoms. The summed E-state index contributed by atoms with van der Waals surface area (Å²) in [5, 5.41) is 2.52. The van der Waals surface area contributed by atoms with Crippen LogP contribution in [-0.4, -0.2) is 23.5 Å². The Labute approximate surface area is 144 Å². The molecule has 1 N–H and O–H groups in total. The number of carbonyl (C=O) groups excluding carboxylic acids is 2. The number of carbonyl (C=O) groups is 2. The maximum atomic E-state index is 13.0. The predicted molar refractivity (Wildman–Crippen MR) is 85.5 cm³/mol. The highest BCUT2D eigenvalue weighted by atomic mass is 79.9. The van der Waals surface area contributed by atoms with Crippen LogP contribution in [0, 0.1) is 5.82 Å². The summed E-state index contributed by atoms with van der Waals surface area (Å²) in [4.78, 5) is 27.2. The zero-order chi connectivity index (χ0) is 16.8. The van der Waals surface area contributed by atoms with E-state index in [2.05, 4.69) is 26.2 Å². The highest BCUT2D eigenvalue weighted by molar-refractivity contribution is 9.10. The number of benzene rings is 1. The summed E-state index contributed by atoms with van der Waals surface area (Å²) >= 11 is 8.83. The molecular formula is C15H11BrClFN2O3. The Kier molecular flexibility index (Phi) is 6.06. The number of halogens is 3. The van der Waals surface area contributed by atoms with Crippen LogP contribution in [0.1, 0.15) is 15.9 Å². The summed E-state index contributed by atoms with van der Waals surface area (Å²) in [6.45, 7) is -0.283. The van der Waals surface area contributed by atoms with Crippen molar-refractivity contribution in [2.75, 3.05) is 6.61 Å². The van der Waals surface area contributed by atoms with E-state index < -0.39 is 24.3 Å². The van der Waals surface area contributed by atoms with Crippen LogP contribution in [0.2, 0.25) is 5.02 Å². The van der Waals surface area contributed by atoms with Gasteiger partial charge < -0.3 is 10.1 Å². The van der Waals surface area contributed by atoms with E-state index in [1.54, 1.807) is 0 Å². The van der Waals surface area contributed by atoms with Crippen molar-refractivity contribution in [1.82, 2.24) is 10.3 Å². The first-order valence-electron chi connectivity index (χ1n) is 6.44. The number of amides is 1. The third-order valence-electron chi connectivity index (χ3n) is 2.75. The molecule has 0 radical (unpaired) electrons. The van der Waals surface area contributed by atoms with E-state index in [9.17, 15) is 14.0 Å². The number of rotatable bonds is 5. The molecule has 5 nitrogen and oxygen atoms in total. The lowest BCUT2D eigenvalue weighted by molar-refractivity contribution is -0.124. The molecule has 0 fully saturated rings. The molecule has 0 saturated heterocycles. The SMILES string of the molecule is O=C(COC(=O)c1cncc(Br)c1)NCc1ccc(F)c(Cl)c1. The number of hydrogen-bond donors (Lipinski definition) is 1. The maximum Gasteiger partial charge on any atom is 0.340 e. The zero-order valence-corrected chi connectivity index (χ0v) is 14.0. The van der Waals surface area contributed by atoms with Gasteiger partial charge in [-0.2, -0.15) is 0 Å². The lowest BCUT2D eigenvalue weighted by Crippen LogP contribution is -2.28. The number of nitrogens with zero attached hydrogens (tertiary/aromatic N) is 1. The van der Waals surface area contributed by atoms with Crippen molar-refractivity contribution in [3.63, 3.8) is 0 Å². The Morgan fingerprint density at radius 2 is 2.09 bits per heavy atom. The van der Waals surface area contributed by atoms with Gasteiger partial charge in [0.1, 0.15) is 5.82 Å². The largest absolute Gasteiger partial charge is 0.452 e. The highest BCUT2D eigenvalue weighted by Crippen LogP contribution is 2.15. The Hall–Kier alpha value is -1.99. The average molecular weight is 402 g/mol. The van der Waals surface area contributed by atoms with Crippen molar-refractivity contribution in [3.05, 3.63) is 63.1 Å². The van der Waals surface area contributed by atoms with E-state index in [-0.39, 0.29) is 17.1 Å². The van der Waals surface area contributed by atoms with Crippen LogP contribution in [0.4, 0.5) is 4.39 Å². The van der Waals surface area contributed by atoms with Crippen molar-refractivity contribution in [1.29, 1.82) is 0 Å². The number of aromatic nitrogens is 1. The Balaban J connectivity index is 1.81. The van der Waals surface area contributed by atoms with Crippen molar-refractivity contribution in [2.45, 2.75) is 6.54 Å². The molecule has 2 rings (SSSR count). The van der Waals surface area contributed by atoms with Gasteiger partial charge in [-0.3, -0.25) is 9.78 Å². The molecule has 1 aromatic heterocycles. The van der Waals surface area contributed by atoms with Crippen LogP contribution < -0.4 is 5.32 Å². The number of hydrogen-bond acceptors (Lipinski definition) is 4. The standard InChI is InChI=1S/C15H11BrClFN2O3/c16-11-4-10(6-19-7-11)15(22)23-8-14(21)20-5-9-1-2-13(18)12(17)3-9/h1-4,6-7H,5,8H2,(H,20,21). The number of nitrogens with one attached hydrogen (secondary N) is 1. The topological polar surface area (TPSA) is 68.3 Å². The number of pyridine rings is 1. The van der Waals surface area contributed by atoms with Crippen molar-refractivity contribution < 1.29 is 18.7 Å². The van der Waals surface area contributed by atoms with E-state index in [0.717, 1.165) is 0 Å². The second kappa shape index (κ2) is 8.03. The molecule has 8 heteroatoms. The first-order chi connectivity index (χ1) is 11.0.